The van der Waals surface area contributed by atoms with Gasteiger partial charge in [-0.25, -0.2) is 0 Å². The SMILES string of the molecule is CCCCCCOc1ccc(NCc2cccc(OCC)c2)cc1. The first kappa shape index (κ1) is 18.2. The van der Waals surface area contributed by atoms with Crippen LogP contribution in [-0.4, -0.2) is 13.2 Å². The molecule has 24 heavy (non-hydrogen) atoms. The van der Waals surface area contributed by atoms with Gasteiger partial charge in [-0.3, -0.25) is 0 Å². The van der Waals surface area contributed by atoms with Gasteiger partial charge in [0.05, 0.1) is 13.2 Å². The lowest BCUT2D eigenvalue weighted by molar-refractivity contribution is 0.305. The maximum atomic E-state index is 5.77. The number of nitrogens with one attached hydrogen (secondary N) is 1. The molecule has 2 aromatic carbocycles. The van der Waals surface area contributed by atoms with E-state index < -0.39 is 0 Å². The Morgan fingerprint density at radius 2 is 1.67 bits per heavy atom. The fourth-order valence-corrected chi connectivity index (χ4v) is 2.50. The molecule has 0 amide bonds. The van der Waals surface area contributed by atoms with E-state index in [1.54, 1.807) is 0 Å². The summed E-state index contributed by atoms with van der Waals surface area (Å²) in [6.07, 6.45) is 4.92. The van der Waals surface area contributed by atoms with Crippen molar-refractivity contribution in [3.63, 3.8) is 0 Å². The molecule has 0 bridgehead atoms. The Morgan fingerprint density at radius 3 is 2.42 bits per heavy atom. The van der Waals surface area contributed by atoms with Crippen molar-refractivity contribution < 1.29 is 9.47 Å². The number of unbranched alkanes of at least 4 members (excludes halogenated alkanes) is 3. The number of ether oxygens (including phenoxy) is 2. The standard InChI is InChI=1S/C21H29NO2/c1-3-5-6-7-15-24-20-13-11-19(12-14-20)22-17-18-9-8-10-21(16-18)23-4-2/h8-14,16,22H,3-7,15,17H2,1-2H3. The molecule has 0 saturated heterocycles. The Morgan fingerprint density at radius 1 is 0.833 bits per heavy atom. The fourth-order valence-electron chi connectivity index (χ4n) is 2.50. The average Bonchev–Trinajstić information content (AvgIpc) is 2.61. The number of hydrogen-bond acceptors (Lipinski definition) is 3. The van der Waals surface area contributed by atoms with E-state index in [0.717, 1.165) is 36.8 Å². The van der Waals surface area contributed by atoms with Crippen molar-refractivity contribution in [2.45, 2.75) is 46.1 Å². The first-order chi connectivity index (χ1) is 11.8. The zero-order chi connectivity index (χ0) is 17.0. The molecule has 3 nitrogen and oxygen atoms in total. The second-order valence-corrected chi connectivity index (χ2v) is 5.87. The van der Waals surface area contributed by atoms with Gasteiger partial charge >= 0.3 is 0 Å². The highest BCUT2D eigenvalue weighted by Gasteiger charge is 1.99. The van der Waals surface area contributed by atoms with Gasteiger partial charge in [0.2, 0.25) is 0 Å². The van der Waals surface area contributed by atoms with Gasteiger partial charge in [0.1, 0.15) is 11.5 Å². The highest BCUT2D eigenvalue weighted by molar-refractivity contribution is 5.47. The van der Waals surface area contributed by atoms with Crippen LogP contribution in [0, 0.1) is 0 Å². The Bertz CT molecular complexity index is 581. The van der Waals surface area contributed by atoms with Gasteiger partial charge in [0.15, 0.2) is 0 Å². The lowest BCUT2D eigenvalue weighted by atomic mass is 10.2. The van der Waals surface area contributed by atoms with Crippen molar-refractivity contribution in [3.8, 4) is 11.5 Å². The first-order valence-electron chi connectivity index (χ1n) is 9.00. The lowest BCUT2D eigenvalue weighted by Gasteiger charge is -2.10. The smallest absolute Gasteiger partial charge is 0.119 e. The highest BCUT2D eigenvalue weighted by Crippen LogP contribution is 2.18. The van der Waals surface area contributed by atoms with Gasteiger partial charge in [0, 0.05) is 12.2 Å². The second kappa shape index (κ2) is 10.6. The van der Waals surface area contributed by atoms with E-state index in [1.807, 2.05) is 31.2 Å². The predicted octanol–water partition coefficient (Wildman–Crippen LogP) is 5.66. The molecule has 0 radical (unpaired) electrons. The first-order valence-corrected chi connectivity index (χ1v) is 9.00. The molecule has 0 aliphatic rings. The molecule has 0 saturated carbocycles. The molecular formula is C21H29NO2. The monoisotopic (exact) mass is 327 g/mol. The molecule has 1 N–H and O–H groups in total. The van der Waals surface area contributed by atoms with Crippen LogP contribution in [0.5, 0.6) is 11.5 Å². The van der Waals surface area contributed by atoms with Gasteiger partial charge in [-0.1, -0.05) is 38.3 Å². The van der Waals surface area contributed by atoms with E-state index in [2.05, 4.69) is 36.5 Å². The summed E-state index contributed by atoms with van der Waals surface area (Å²) in [7, 11) is 0. The Labute approximate surface area is 146 Å². The van der Waals surface area contributed by atoms with Crippen LogP contribution >= 0.6 is 0 Å². The van der Waals surface area contributed by atoms with Crippen molar-refractivity contribution in [3.05, 3.63) is 54.1 Å². The van der Waals surface area contributed by atoms with Gasteiger partial charge in [-0.05, 0) is 55.3 Å². The van der Waals surface area contributed by atoms with Gasteiger partial charge < -0.3 is 14.8 Å². The van der Waals surface area contributed by atoms with Crippen LogP contribution in [0.15, 0.2) is 48.5 Å². The largest absolute Gasteiger partial charge is 0.494 e. The summed E-state index contributed by atoms with van der Waals surface area (Å²) in [5.41, 5.74) is 2.30. The van der Waals surface area contributed by atoms with E-state index in [0.29, 0.717) is 6.61 Å². The maximum Gasteiger partial charge on any atom is 0.119 e. The lowest BCUT2D eigenvalue weighted by Crippen LogP contribution is -2.01. The molecule has 0 heterocycles. The highest BCUT2D eigenvalue weighted by atomic mass is 16.5. The number of hydrogen-bond donors (Lipinski definition) is 1. The predicted molar refractivity (Wildman–Crippen MR) is 101 cm³/mol. The van der Waals surface area contributed by atoms with Crippen molar-refractivity contribution in [2.24, 2.45) is 0 Å². The van der Waals surface area contributed by atoms with E-state index in [-0.39, 0.29) is 0 Å². The Hall–Kier alpha value is -2.16. The zero-order valence-electron chi connectivity index (χ0n) is 14.9. The van der Waals surface area contributed by atoms with Gasteiger partial charge in [0.25, 0.3) is 0 Å². The van der Waals surface area contributed by atoms with Crippen LogP contribution in [0.25, 0.3) is 0 Å². The summed E-state index contributed by atoms with van der Waals surface area (Å²) >= 11 is 0. The van der Waals surface area contributed by atoms with Crippen LogP contribution in [0.1, 0.15) is 45.1 Å². The van der Waals surface area contributed by atoms with Crippen LogP contribution in [0.2, 0.25) is 0 Å². The van der Waals surface area contributed by atoms with Crippen LogP contribution in [0.3, 0.4) is 0 Å². The molecular weight excluding hydrogens is 298 g/mol. The van der Waals surface area contributed by atoms with E-state index in [4.69, 9.17) is 9.47 Å². The van der Waals surface area contributed by atoms with Crippen LogP contribution in [-0.2, 0) is 6.54 Å². The molecule has 130 valence electrons. The van der Waals surface area contributed by atoms with Gasteiger partial charge in [-0.2, -0.15) is 0 Å². The Kier molecular flexibility index (Phi) is 8.02. The molecule has 0 aliphatic carbocycles. The minimum Gasteiger partial charge on any atom is -0.494 e. The number of benzene rings is 2. The van der Waals surface area contributed by atoms with Crippen LogP contribution < -0.4 is 14.8 Å². The third-order valence-corrected chi connectivity index (χ3v) is 3.83. The molecule has 2 rings (SSSR count). The average molecular weight is 327 g/mol. The Balaban J connectivity index is 1.76. The van der Waals surface area contributed by atoms with Crippen molar-refractivity contribution in [1.82, 2.24) is 0 Å². The molecule has 0 spiro atoms. The molecule has 0 aromatic heterocycles. The summed E-state index contributed by atoms with van der Waals surface area (Å²) in [4.78, 5) is 0. The third kappa shape index (κ3) is 6.53. The summed E-state index contributed by atoms with van der Waals surface area (Å²) in [6.45, 7) is 6.49. The third-order valence-electron chi connectivity index (χ3n) is 3.83. The molecule has 0 atom stereocenters. The fraction of sp³-hybridized carbons (Fsp3) is 0.429. The summed E-state index contributed by atoms with van der Waals surface area (Å²) in [5, 5.41) is 3.43. The van der Waals surface area contributed by atoms with Crippen molar-refractivity contribution >= 4 is 5.69 Å². The zero-order valence-corrected chi connectivity index (χ0v) is 14.9. The minimum absolute atomic E-state index is 0.691. The molecule has 3 heteroatoms. The van der Waals surface area contributed by atoms with E-state index >= 15 is 0 Å². The quantitative estimate of drug-likeness (QED) is 0.540. The topological polar surface area (TPSA) is 30.5 Å². The molecule has 2 aromatic rings. The number of rotatable bonds is 11. The summed E-state index contributed by atoms with van der Waals surface area (Å²) < 4.78 is 11.3. The van der Waals surface area contributed by atoms with Crippen LogP contribution in [0.4, 0.5) is 5.69 Å². The van der Waals surface area contributed by atoms with E-state index in [9.17, 15) is 0 Å². The second-order valence-electron chi connectivity index (χ2n) is 5.87. The normalized spacial score (nSPS) is 10.4. The maximum absolute atomic E-state index is 5.77. The van der Waals surface area contributed by atoms with Crippen molar-refractivity contribution in [2.75, 3.05) is 18.5 Å². The molecule has 0 aliphatic heterocycles. The van der Waals surface area contributed by atoms with E-state index in [1.165, 1.54) is 24.8 Å². The number of anilines is 1. The van der Waals surface area contributed by atoms with Gasteiger partial charge in [-0.15, -0.1) is 0 Å². The summed E-state index contributed by atoms with van der Waals surface area (Å²) in [6, 6.07) is 16.4. The molecule has 0 unspecified atom stereocenters. The molecule has 0 fully saturated rings. The minimum atomic E-state index is 0.691. The summed E-state index contributed by atoms with van der Waals surface area (Å²) in [5.74, 6) is 1.86. The van der Waals surface area contributed by atoms with Crippen molar-refractivity contribution in [1.29, 1.82) is 0 Å².